The molecule has 17 heavy (non-hydrogen) atoms. The molecule has 0 heterocycles. The van der Waals surface area contributed by atoms with E-state index in [2.05, 4.69) is 26.8 Å². The molecule has 0 saturated heterocycles. The van der Waals surface area contributed by atoms with Gasteiger partial charge in [-0.15, -0.1) is 0 Å². The van der Waals surface area contributed by atoms with Crippen molar-refractivity contribution >= 4 is 0 Å². The summed E-state index contributed by atoms with van der Waals surface area (Å²) in [5.74, 6) is 1.97. The van der Waals surface area contributed by atoms with Crippen LogP contribution in [0.15, 0.2) is 0 Å². The van der Waals surface area contributed by atoms with Crippen LogP contribution >= 0.6 is 0 Å². The van der Waals surface area contributed by atoms with E-state index >= 15 is 0 Å². The molecule has 4 unspecified atom stereocenters. The van der Waals surface area contributed by atoms with Gasteiger partial charge in [-0.1, -0.05) is 27.2 Å². The van der Waals surface area contributed by atoms with Crippen molar-refractivity contribution in [3.63, 3.8) is 0 Å². The fourth-order valence-electron chi connectivity index (χ4n) is 2.62. The van der Waals surface area contributed by atoms with Crippen molar-refractivity contribution < 1.29 is 4.74 Å². The van der Waals surface area contributed by atoms with E-state index in [-0.39, 0.29) is 6.10 Å². The topological polar surface area (TPSA) is 59.0 Å². The second kappa shape index (κ2) is 5.84. The van der Waals surface area contributed by atoms with Crippen molar-refractivity contribution in [2.24, 2.45) is 23.5 Å². The Morgan fingerprint density at radius 3 is 2.65 bits per heavy atom. The number of ether oxygens (including phenoxy) is 1. The van der Waals surface area contributed by atoms with Crippen LogP contribution in [-0.2, 0) is 4.74 Å². The number of nitriles is 1. The van der Waals surface area contributed by atoms with E-state index in [4.69, 9.17) is 15.7 Å². The minimum absolute atomic E-state index is 0.273. The summed E-state index contributed by atoms with van der Waals surface area (Å²) in [6.07, 6.45) is 3.90. The van der Waals surface area contributed by atoms with Gasteiger partial charge in [0.1, 0.15) is 5.54 Å². The highest BCUT2D eigenvalue weighted by Gasteiger charge is 2.32. The van der Waals surface area contributed by atoms with Crippen LogP contribution in [0.5, 0.6) is 0 Å². The third kappa shape index (κ3) is 4.29. The summed E-state index contributed by atoms with van der Waals surface area (Å²) in [6.45, 7) is 8.85. The molecule has 1 saturated carbocycles. The van der Waals surface area contributed by atoms with Crippen molar-refractivity contribution in [1.29, 1.82) is 5.26 Å². The van der Waals surface area contributed by atoms with Gasteiger partial charge in [0.15, 0.2) is 0 Å². The molecule has 0 amide bonds. The van der Waals surface area contributed by atoms with E-state index in [0.717, 1.165) is 12.3 Å². The number of hydrogen-bond acceptors (Lipinski definition) is 3. The van der Waals surface area contributed by atoms with Crippen LogP contribution < -0.4 is 5.73 Å². The van der Waals surface area contributed by atoms with E-state index in [9.17, 15) is 0 Å². The highest BCUT2D eigenvalue weighted by molar-refractivity contribution is 5.01. The molecular formula is C14H26N2O. The number of hydrogen-bond donors (Lipinski definition) is 1. The van der Waals surface area contributed by atoms with Gasteiger partial charge in [-0.2, -0.15) is 5.26 Å². The van der Waals surface area contributed by atoms with Crippen LogP contribution in [0.3, 0.4) is 0 Å². The smallest absolute Gasteiger partial charge is 0.125 e. The summed E-state index contributed by atoms with van der Waals surface area (Å²) in [6, 6.07) is 2.09. The van der Waals surface area contributed by atoms with Crippen molar-refractivity contribution in [3.8, 4) is 6.07 Å². The Balaban J connectivity index is 2.56. The first-order valence-electron chi connectivity index (χ1n) is 6.67. The molecule has 0 spiro atoms. The molecule has 0 aromatic rings. The SMILES string of the molecule is CC1CCC(C(C)C)C(OCC(C)(N)C#N)C1. The lowest BCUT2D eigenvalue weighted by Gasteiger charge is -2.38. The van der Waals surface area contributed by atoms with Crippen LogP contribution in [0, 0.1) is 29.1 Å². The Hall–Kier alpha value is -0.590. The second-order valence-corrected chi connectivity index (χ2v) is 6.20. The average Bonchev–Trinajstić information content (AvgIpc) is 2.26. The minimum Gasteiger partial charge on any atom is -0.375 e. The zero-order valence-electron chi connectivity index (χ0n) is 11.6. The lowest BCUT2D eigenvalue weighted by atomic mass is 9.75. The minimum atomic E-state index is -0.859. The molecule has 3 heteroatoms. The molecule has 1 aliphatic rings. The summed E-state index contributed by atoms with van der Waals surface area (Å²) in [7, 11) is 0. The Bertz CT molecular complexity index is 280. The van der Waals surface area contributed by atoms with E-state index in [0.29, 0.717) is 18.4 Å². The fraction of sp³-hybridized carbons (Fsp3) is 0.929. The fourth-order valence-corrected chi connectivity index (χ4v) is 2.62. The monoisotopic (exact) mass is 238 g/mol. The largest absolute Gasteiger partial charge is 0.375 e. The zero-order valence-corrected chi connectivity index (χ0v) is 11.6. The van der Waals surface area contributed by atoms with Gasteiger partial charge in [0.05, 0.1) is 18.8 Å². The standard InChI is InChI=1S/C14H26N2O/c1-10(2)12-6-5-11(3)7-13(12)17-9-14(4,16)8-15/h10-13H,5-7,9,16H2,1-4H3. The normalized spacial score (nSPS) is 33.1. The van der Waals surface area contributed by atoms with Gasteiger partial charge in [0.25, 0.3) is 0 Å². The third-order valence-corrected chi connectivity index (χ3v) is 3.81. The summed E-state index contributed by atoms with van der Waals surface area (Å²) < 4.78 is 5.94. The second-order valence-electron chi connectivity index (χ2n) is 6.20. The Labute approximate surface area is 105 Å². The highest BCUT2D eigenvalue weighted by atomic mass is 16.5. The summed E-state index contributed by atoms with van der Waals surface area (Å²) >= 11 is 0. The molecule has 0 aromatic heterocycles. The van der Waals surface area contributed by atoms with Crippen molar-refractivity contribution in [3.05, 3.63) is 0 Å². The maximum Gasteiger partial charge on any atom is 0.125 e. The Kier molecular flexibility index (Phi) is 4.97. The molecule has 4 atom stereocenters. The number of nitrogens with zero attached hydrogens (tertiary/aromatic N) is 1. The molecule has 0 aromatic carbocycles. The van der Waals surface area contributed by atoms with Gasteiger partial charge < -0.3 is 10.5 Å². The quantitative estimate of drug-likeness (QED) is 0.819. The predicted molar refractivity (Wildman–Crippen MR) is 69.3 cm³/mol. The van der Waals surface area contributed by atoms with E-state index in [1.54, 1.807) is 6.92 Å². The van der Waals surface area contributed by atoms with Gasteiger partial charge in [0.2, 0.25) is 0 Å². The van der Waals surface area contributed by atoms with Crippen molar-refractivity contribution in [2.75, 3.05) is 6.61 Å². The van der Waals surface area contributed by atoms with Crippen LogP contribution in [0.4, 0.5) is 0 Å². The molecule has 0 aliphatic heterocycles. The highest BCUT2D eigenvalue weighted by Crippen LogP contribution is 2.35. The van der Waals surface area contributed by atoms with E-state index < -0.39 is 5.54 Å². The number of rotatable bonds is 4. The first-order chi connectivity index (χ1) is 7.85. The first-order valence-corrected chi connectivity index (χ1v) is 6.67. The molecule has 3 nitrogen and oxygen atoms in total. The number of nitrogens with two attached hydrogens (primary N) is 1. The predicted octanol–water partition coefficient (Wildman–Crippen LogP) is 2.70. The maximum absolute atomic E-state index is 8.90. The van der Waals surface area contributed by atoms with Crippen molar-refractivity contribution in [2.45, 2.75) is 58.6 Å². The van der Waals surface area contributed by atoms with Gasteiger partial charge in [0, 0.05) is 0 Å². The third-order valence-electron chi connectivity index (χ3n) is 3.81. The molecule has 1 rings (SSSR count). The zero-order chi connectivity index (χ0) is 13.1. The van der Waals surface area contributed by atoms with Crippen LogP contribution in [0.25, 0.3) is 0 Å². The molecule has 1 fully saturated rings. The lowest BCUT2D eigenvalue weighted by molar-refractivity contribution is -0.0479. The van der Waals surface area contributed by atoms with Gasteiger partial charge >= 0.3 is 0 Å². The molecule has 1 aliphatic carbocycles. The Morgan fingerprint density at radius 1 is 1.47 bits per heavy atom. The molecule has 0 radical (unpaired) electrons. The molecule has 0 bridgehead atoms. The van der Waals surface area contributed by atoms with Crippen LogP contribution in [-0.4, -0.2) is 18.2 Å². The van der Waals surface area contributed by atoms with Gasteiger partial charge in [-0.25, -0.2) is 0 Å². The lowest BCUT2D eigenvalue weighted by Crippen LogP contribution is -2.43. The van der Waals surface area contributed by atoms with E-state index in [1.165, 1.54) is 12.8 Å². The average molecular weight is 238 g/mol. The Morgan fingerprint density at radius 2 is 2.12 bits per heavy atom. The maximum atomic E-state index is 8.90. The molecular weight excluding hydrogens is 212 g/mol. The van der Waals surface area contributed by atoms with Gasteiger partial charge in [-0.3, -0.25) is 0 Å². The van der Waals surface area contributed by atoms with Crippen molar-refractivity contribution in [1.82, 2.24) is 0 Å². The van der Waals surface area contributed by atoms with E-state index in [1.807, 2.05) is 0 Å². The van der Waals surface area contributed by atoms with Gasteiger partial charge in [-0.05, 0) is 37.5 Å². The molecule has 98 valence electrons. The summed E-state index contributed by atoms with van der Waals surface area (Å²) in [5.41, 5.74) is 4.94. The summed E-state index contributed by atoms with van der Waals surface area (Å²) in [4.78, 5) is 0. The summed E-state index contributed by atoms with van der Waals surface area (Å²) in [5, 5.41) is 8.90. The first kappa shape index (κ1) is 14.5. The van der Waals surface area contributed by atoms with Crippen LogP contribution in [0.2, 0.25) is 0 Å². The molecule has 2 N–H and O–H groups in total. The van der Waals surface area contributed by atoms with Crippen LogP contribution in [0.1, 0.15) is 47.0 Å².